The molecule has 0 aromatic heterocycles. The molecular weight excluding hydrogens is 418 g/mol. The summed E-state index contributed by atoms with van der Waals surface area (Å²) in [5.41, 5.74) is 0.368. The average Bonchev–Trinajstić information content (AvgIpc) is 3.40. The number of ether oxygens (including phenoxy) is 1. The molecule has 0 radical (unpaired) electrons. The molecule has 0 N–H and O–H groups in total. The van der Waals surface area contributed by atoms with Gasteiger partial charge in [0.25, 0.3) is 0 Å². The molecule has 3 aromatic rings. The van der Waals surface area contributed by atoms with Gasteiger partial charge in [-0.05, 0) is 30.2 Å². The number of hydrogen-bond acceptors (Lipinski definition) is 5. The van der Waals surface area contributed by atoms with E-state index in [0.29, 0.717) is 11.3 Å². The first-order chi connectivity index (χ1) is 16.0. The number of imide groups is 1. The lowest BCUT2D eigenvalue weighted by atomic mass is 9.77. The third kappa shape index (κ3) is 2.41. The molecule has 6 rings (SSSR count). The van der Waals surface area contributed by atoms with E-state index in [0.717, 1.165) is 10.5 Å². The number of amides is 2. The third-order valence-corrected chi connectivity index (χ3v) is 7.03. The molecule has 2 saturated heterocycles. The number of rotatable bonds is 2. The molecule has 3 atom stereocenters. The largest absolute Gasteiger partial charge is 0.349 e. The Kier molecular flexibility index (Phi) is 4.07. The summed E-state index contributed by atoms with van der Waals surface area (Å²) in [5.74, 6) is -4.36. The second kappa shape index (κ2) is 6.80. The molecule has 0 unspecified atom stereocenters. The zero-order chi connectivity index (χ0) is 22.9. The van der Waals surface area contributed by atoms with E-state index >= 15 is 0 Å². The summed E-state index contributed by atoms with van der Waals surface area (Å²) in [6.45, 7) is 1.88. The van der Waals surface area contributed by atoms with E-state index in [-0.39, 0.29) is 11.1 Å². The number of carbonyl (C=O) groups is 4. The Morgan fingerprint density at radius 1 is 0.727 bits per heavy atom. The van der Waals surface area contributed by atoms with Crippen LogP contribution in [0.2, 0.25) is 0 Å². The van der Waals surface area contributed by atoms with E-state index in [1.807, 2.05) is 31.2 Å². The summed E-state index contributed by atoms with van der Waals surface area (Å²) in [6.07, 6.45) is -0.899. The van der Waals surface area contributed by atoms with Crippen molar-refractivity contribution in [3.05, 3.63) is 101 Å². The van der Waals surface area contributed by atoms with Crippen molar-refractivity contribution < 1.29 is 23.9 Å². The summed E-state index contributed by atoms with van der Waals surface area (Å²) in [6, 6.07) is 22.4. The molecular formula is C27H19NO5. The van der Waals surface area contributed by atoms with Crippen molar-refractivity contribution in [2.45, 2.75) is 18.6 Å². The van der Waals surface area contributed by atoms with Crippen LogP contribution in [-0.4, -0.2) is 29.0 Å². The quantitative estimate of drug-likeness (QED) is 0.451. The van der Waals surface area contributed by atoms with Gasteiger partial charge in [-0.1, -0.05) is 66.7 Å². The van der Waals surface area contributed by atoms with Crippen molar-refractivity contribution in [2.24, 2.45) is 11.8 Å². The van der Waals surface area contributed by atoms with Gasteiger partial charge in [0.1, 0.15) is 0 Å². The van der Waals surface area contributed by atoms with Crippen LogP contribution in [0.15, 0.2) is 78.9 Å². The number of ketones is 2. The Bertz CT molecular complexity index is 1330. The van der Waals surface area contributed by atoms with E-state index in [1.54, 1.807) is 54.6 Å². The standard InChI is InChI=1S/C27H19NO5/c1-15-9-5-6-12-17(15)22-20-21(26(32)28(25(20)31)16-10-3-2-4-11-16)27(33-22)23(29)18-13-7-8-14-19(18)24(27)30/h2-14,20-22H,1H3/t20-,21-,22-/m0/s1. The van der Waals surface area contributed by atoms with Gasteiger partial charge in [-0.25, -0.2) is 4.90 Å². The van der Waals surface area contributed by atoms with E-state index in [4.69, 9.17) is 4.74 Å². The smallest absolute Gasteiger partial charge is 0.241 e. The number of fused-ring (bicyclic) bond motifs is 3. The first-order valence-corrected chi connectivity index (χ1v) is 10.8. The maximum Gasteiger partial charge on any atom is 0.241 e. The van der Waals surface area contributed by atoms with Crippen molar-refractivity contribution in [3.8, 4) is 0 Å². The Labute approximate surface area is 189 Å². The predicted molar refractivity (Wildman–Crippen MR) is 119 cm³/mol. The van der Waals surface area contributed by atoms with Gasteiger partial charge < -0.3 is 4.74 Å². The topological polar surface area (TPSA) is 80.8 Å². The molecule has 2 heterocycles. The summed E-state index contributed by atoms with van der Waals surface area (Å²) in [4.78, 5) is 56.0. The lowest BCUT2D eigenvalue weighted by Crippen LogP contribution is -2.51. The molecule has 0 bridgehead atoms. The molecule has 3 aromatic carbocycles. The molecule has 2 amide bonds. The maximum atomic E-state index is 13.8. The molecule has 6 nitrogen and oxygen atoms in total. The van der Waals surface area contributed by atoms with Crippen molar-refractivity contribution in [3.63, 3.8) is 0 Å². The molecule has 1 spiro atoms. The van der Waals surface area contributed by atoms with Crippen molar-refractivity contribution in [1.82, 2.24) is 0 Å². The fraction of sp³-hybridized carbons (Fsp3) is 0.185. The van der Waals surface area contributed by atoms with E-state index in [1.165, 1.54) is 0 Å². The Balaban J connectivity index is 1.57. The SMILES string of the molecule is Cc1ccccc1[C@@H]1OC2(C(=O)c3ccccc3C2=O)[C@@H]2C(=O)N(c3ccccc3)C(=O)[C@@H]21. The van der Waals surface area contributed by atoms with E-state index in [2.05, 4.69) is 0 Å². The predicted octanol–water partition coefficient (Wildman–Crippen LogP) is 3.69. The molecule has 3 aliphatic rings. The molecule has 0 saturated carbocycles. The lowest BCUT2D eigenvalue weighted by molar-refractivity contribution is -0.127. The fourth-order valence-corrected chi connectivity index (χ4v) is 5.54. The van der Waals surface area contributed by atoms with Gasteiger partial charge >= 0.3 is 0 Å². The first-order valence-electron chi connectivity index (χ1n) is 10.8. The van der Waals surface area contributed by atoms with Crippen molar-refractivity contribution in [1.29, 1.82) is 0 Å². The highest BCUT2D eigenvalue weighted by atomic mass is 16.5. The van der Waals surface area contributed by atoms with Gasteiger partial charge in [-0.15, -0.1) is 0 Å². The normalized spacial score (nSPS) is 25.1. The number of Topliss-reactive ketones (excluding diaryl/α,β-unsaturated/α-hetero) is 2. The number of benzene rings is 3. The minimum absolute atomic E-state index is 0.227. The van der Waals surface area contributed by atoms with Crippen LogP contribution in [0.1, 0.15) is 37.9 Å². The number of carbonyl (C=O) groups excluding carboxylic acids is 4. The molecule has 6 heteroatoms. The van der Waals surface area contributed by atoms with E-state index in [9.17, 15) is 19.2 Å². The summed E-state index contributed by atoms with van der Waals surface area (Å²) in [7, 11) is 0. The van der Waals surface area contributed by atoms with Crippen LogP contribution in [0, 0.1) is 18.8 Å². The molecule has 2 fully saturated rings. The number of nitrogens with zero attached hydrogens (tertiary/aromatic N) is 1. The second-order valence-corrected chi connectivity index (χ2v) is 8.69. The van der Waals surface area contributed by atoms with Crippen LogP contribution in [0.4, 0.5) is 5.69 Å². The molecule has 1 aliphatic carbocycles. The highest BCUT2D eigenvalue weighted by Gasteiger charge is 2.74. The fourth-order valence-electron chi connectivity index (χ4n) is 5.54. The Hall–Kier alpha value is -3.90. The van der Waals surface area contributed by atoms with Gasteiger partial charge in [0.05, 0.1) is 23.6 Å². The van der Waals surface area contributed by atoms with E-state index < -0.39 is 46.9 Å². The van der Waals surface area contributed by atoms with Crippen molar-refractivity contribution in [2.75, 3.05) is 4.90 Å². The van der Waals surface area contributed by atoms with Gasteiger partial charge in [0.2, 0.25) is 29.0 Å². The molecule has 162 valence electrons. The Morgan fingerprint density at radius 2 is 1.30 bits per heavy atom. The lowest BCUT2D eigenvalue weighted by Gasteiger charge is -2.27. The third-order valence-electron chi connectivity index (χ3n) is 7.03. The van der Waals surface area contributed by atoms with Crippen LogP contribution >= 0.6 is 0 Å². The summed E-state index contributed by atoms with van der Waals surface area (Å²) >= 11 is 0. The number of para-hydroxylation sites is 1. The summed E-state index contributed by atoms with van der Waals surface area (Å²) in [5, 5.41) is 0. The second-order valence-electron chi connectivity index (χ2n) is 8.69. The van der Waals surface area contributed by atoms with Crippen LogP contribution < -0.4 is 4.90 Å². The minimum atomic E-state index is -2.04. The van der Waals surface area contributed by atoms with Crippen LogP contribution in [0.25, 0.3) is 0 Å². The zero-order valence-corrected chi connectivity index (χ0v) is 17.7. The van der Waals surface area contributed by atoms with Gasteiger partial charge in [0.15, 0.2) is 0 Å². The number of hydrogen-bond donors (Lipinski definition) is 0. The highest BCUT2D eigenvalue weighted by molar-refractivity contribution is 6.37. The number of anilines is 1. The van der Waals surface area contributed by atoms with Crippen LogP contribution in [-0.2, 0) is 14.3 Å². The van der Waals surface area contributed by atoms with Crippen LogP contribution in [0.3, 0.4) is 0 Å². The van der Waals surface area contributed by atoms with Gasteiger partial charge in [0, 0.05) is 11.1 Å². The molecule has 2 aliphatic heterocycles. The monoisotopic (exact) mass is 437 g/mol. The summed E-state index contributed by atoms with van der Waals surface area (Å²) < 4.78 is 6.31. The molecule has 33 heavy (non-hydrogen) atoms. The Morgan fingerprint density at radius 3 is 1.94 bits per heavy atom. The van der Waals surface area contributed by atoms with Gasteiger partial charge in [-0.2, -0.15) is 0 Å². The van der Waals surface area contributed by atoms with Crippen LogP contribution in [0.5, 0.6) is 0 Å². The number of aryl methyl sites for hydroxylation is 1. The first kappa shape index (κ1) is 19.8. The average molecular weight is 437 g/mol. The maximum absolute atomic E-state index is 13.8. The minimum Gasteiger partial charge on any atom is -0.349 e. The highest BCUT2D eigenvalue weighted by Crippen LogP contribution is 2.58. The zero-order valence-electron chi connectivity index (χ0n) is 17.7. The van der Waals surface area contributed by atoms with Crippen molar-refractivity contribution >= 4 is 29.1 Å². The van der Waals surface area contributed by atoms with Gasteiger partial charge in [-0.3, -0.25) is 19.2 Å².